The molecule has 4 heterocycles. The molecule has 0 saturated carbocycles. The third-order valence-corrected chi connectivity index (χ3v) is 8.54. The van der Waals surface area contributed by atoms with Gasteiger partial charge in [0.15, 0.2) is 0 Å². The number of piperidine rings is 1. The first-order chi connectivity index (χ1) is 12.7. The highest BCUT2D eigenvalue weighted by atomic mass is 32.2. The largest absolute Gasteiger partial charge is 0.338 e. The molecule has 3 atom stereocenters. The van der Waals surface area contributed by atoms with Crippen molar-refractivity contribution in [3.05, 3.63) is 16.1 Å². The van der Waals surface area contributed by atoms with E-state index < -0.39 is 10.0 Å². The maximum Gasteiger partial charge on any atom is 0.219 e. The van der Waals surface area contributed by atoms with Gasteiger partial charge in [-0.1, -0.05) is 0 Å². The summed E-state index contributed by atoms with van der Waals surface area (Å²) in [6.07, 6.45) is 4.16. The molecule has 7 nitrogen and oxygen atoms in total. The van der Waals surface area contributed by atoms with Crippen LogP contribution in [0.15, 0.2) is 5.38 Å². The molecule has 0 unspecified atom stereocenters. The van der Waals surface area contributed by atoms with E-state index in [4.69, 9.17) is 0 Å². The van der Waals surface area contributed by atoms with Crippen LogP contribution >= 0.6 is 11.3 Å². The van der Waals surface area contributed by atoms with Crippen LogP contribution in [-0.2, 0) is 21.4 Å². The Bertz CT molecular complexity index is 839. The van der Waals surface area contributed by atoms with Gasteiger partial charge in [0.25, 0.3) is 0 Å². The van der Waals surface area contributed by atoms with Crippen LogP contribution in [0.1, 0.15) is 36.9 Å². The molecule has 0 N–H and O–H groups in total. The summed E-state index contributed by atoms with van der Waals surface area (Å²) in [5.74, 6) is 0.103. The van der Waals surface area contributed by atoms with Crippen molar-refractivity contribution in [1.82, 2.24) is 19.1 Å². The Morgan fingerprint density at radius 1 is 1.37 bits per heavy atom. The monoisotopic (exact) mass is 412 g/mol. The molecule has 3 aliphatic heterocycles. The third-order valence-electron chi connectivity index (χ3n) is 6.47. The van der Waals surface area contributed by atoms with Gasteiger partial charge in [-0.3, -0.25) is 9.69 Å². The zero-order valence-electron chi connectivity index (χ0n) is 16.2. The van der Waals surface area contributed by atoms with Gasteiger partial charge in [0.1, 0.15) is 0 Å². The minimum atomic E-state index is -3.21. The minimum Gasteiger partial charge on any atom is -0.338 e. The molecule has 27 heavy (non-hydrogen) atoms. The van der Waals surface area contributed by atoms with Gasteiger partial charge in [-0.25, -0.2) is 17.7 Å². The minimum absolute atomic E-state index is 0.103. The van der Waals surface area contributed by atoms with Crippen molar-refractivity contribution < 1.29 is 13.2 Å². The fourth-order valence-electron chi connectivity index (χ4n) is 5.44. The molecule has 4 rings (SSSR count). The SMILES string of the molecule is CC(=O)N1C[C@]2(CCN(S(C)(=O)=O)C2)[C@@H]2[C@H]1CCCN2Cc1csc(C)n1. The first-order valence-corrected chi connectivity index (χ1v) is 12.3. The number of hydrogen-bond donors (Lipinski definition) is 0. The number of aryl methyl sites for hydroxylation is 1. The Balaban J connectivity index is 1.66. The second kappa shape index (κ2) is 6.79. The lowest BCUT2D eigenvalue weighted by Gasteiger charge is -2.44. The quantitative estimate of drug-likeness (QED) is 0.748. The number of hydrogen-bond acceptors (Lipinski definition) is 6. The van der Waals surface area contributed by atoms with Crippen molar-refractivity contribution in [2.75, 3.05) is 32.4 Å². The van der Waals surface area contributed by atoms with Gasteiger partial charge in [0.05, 0.1) is 17.0 Å². The molecule has 150 valence electrons. The van der Waals surface area contributed by atoms with E-state index in [1.165, 1.54) is 6.26 Å². The highest BCUT2D eigenvalue weighted by molar-refractivity contribution is 7.88. The fraction of sp³-hybridized carbons (Fsp3) is 0.778. The lowest BCUT2D eigenvalue weighted by molar-refractivity contribution is -0.130. The molecular weight excluding hydrogens is 384 g/mol. The summed E-state index contributed by atoms with van der Waals surface area (Å²) < 4.78 is 25.9. The molecule has 1 aromatic heterocycles. The van der Waals surface area contributed by atoms with Crippen LogP contribution in [0.3, 0.4) is 0 Å². The van der Waals surface area contributed by atoms with E-state index in [0.717, 1.165) is 43.1 Å². The van der Waals surface area contributed by atoms with Gasteiger partial charge in [-0.2, -0.15) is 0 Å². The molecule has 3 saturated heterocycles. The highest BCUT2D eigenvalue weighted by Crippen LogP contribution is 2.48. The summed E-state index contributed by atoms with van der Waals surface area (Å²) in [7, 11) is -3.21. The number of fused-ring (bicyclic) bond motifs is 2. The van der Waals surface area contributed by atoms with Gasteiger partial charge >= 0.3 is 0 Å². The second-order valence-electron chi connectivity index (χ2n) is 8.34. The fourth-order valence-corrected chi connectivity index (χ4v) is 6.96. The predicted molar refractivity (Wildman–Crippen MR) is 105 cm³/mol. The van der Waals surface area contributed by atoms with E-state index in [1.54, 1.807) is 22.6 Å². The zero-order chi connectivity index (χ0) is 19.4. The smallest absolute Gasteiger partial charge is 0.219 e. The number of nitrogens with zero attached hydrogens (tertiary/aromatic N) is 4. The van der Waals surface area contributed by atoms with E-state index in [0.29, 0.717) is 19.6 Å². The number of likely N-dealkylation sites (tertiary alicyclic amines) is 2. The third kappa shape index (κ3) is 3.43. The van der Waals surface area contributed by atoms with Gasteiger partial charge in [0.2, 0.25) is 15.9 Å². The van der Waals surface area contributed by atoms with Crippen LogP contribution in [0.25, 0.3) is 0 Å². The van der Waals surface area contributed by atoms with Crippen molar-refractivity contribution >= 4 is 27.3 Å². The highest BCUT2D eigenvalue weighted by Gasteiger charge is 2.59. The van der Waals surface area contributed by atoms with Crippen LogP contribution in [0.4, 0.5) is 0 Å². The van der Waals surface area contributed by atoms with E-state index in [-0.39, 0.29) is 23.4 Å². The number of sulfonamides is 1. The first kappa shape index (κ1) is 19.3. The van der Waals surface area contributed by atoms with Crippen molar-refractivity contribution in [3.63, 3.8) is 0 Å². The molecular formula is C18H28N4O3S2. The summed E-state index contributed by atoms with van der Waals surface area (Å²) in [6.45, 7) is 7.14. The lowest BCUT2D eigenvalue weighted by Crippen LogP contribution is -2.55. The van der Waals surface area contributed by atoms with E-state index in [9.17, 15) is 13.2 Å². The van der Waals surface area contributed by atoms with Crippen LogP contribution in [0.5, 0.6) is 0 Å². The molecule has 0 aliphatic carbocycles. The number of carbonyl (C=O) groups excluding carboxylic acids is 1. The number of amides is 1. The molecule has 0 radical (unpaired) electrons. The van der Waals surface area contributed by atoms with Crippen molar-refractivity contribution in [2.45, 2.75) is 51.7 Å². The normalized spacial score (nSPS) is 32.3. The summed E-state index contributed by atoms with van der Waals surface area (Å²) in [6, 6.07) is 0.374. The molecule has 1 aromatic rings. The first-order valence-electron chi connectivity index (χ1n) is 9.57. The second-order valence-corrected chi connectivity index (χ2v) is 11.4. The number of rotatable bonds is 3. The Morgan fingerprint density at radius 3 is 2.74 bits per heavy atom. The summed E-state index contributed by atoms with van der Waals surface area (Å²) >= 11 is 1.66. The van der Waals surface area contributed by atoms with Crippen LogP contribution in [-0.4, -0.2) is 77.9 Å². The van der Waals surface area contributed by atoms with Crippen molar-refractivity contribution in [1.29, 1.82) is 0 Å². The number of aromatic nitrogens is 1. The lowest BCUT2D eigenvalue weighted by atomic mass is 9.76. The topological polar surface area (TPSA) is 73.8 Å². The number of thiazole rings is 1. The van der Waals surface area contributed by atoms with Gasteiger partial charge in [-0.15, -0.1) is 11.3 Å². The van der Waals surface area contributed by atoms with Gasteiger partial charge < -0.3 is 4.90 Å². The standard InChI is InChI=1S/C18H28N4O3S2/c1-13-19-15(10-26-13)9-20-7-4-5-16-17(20)18(12-22(16)14(2)23)6-8-21(11-18)27(3,24)25/h10,16-17H,4-9,11-12H2,1-3H3/t16-,17+,18-/m1/s1. The summed E-state index contributed by atoms with van der Waals surface area (Å²) in [4.78, 5) is 21.5. The van der Waals surface area contributed by atoms with Crippen LogP contribution < -0.4 is 0 Å². The molecule has 0 bridgehead atoms. The van der Waals surface area contributed by atoms with Crippen molar-refractivity contribution in [3.8, 4) is 0 Å². The van der Waals surface area contributed by atoms with Crippen LogP contribution in [0, 0.1) is 12.3 Å². The molecule has 1 spiro atoms. The Hall–Kier alpha value is -1.03. The van der Waals surface area contributed by atoms with Gasteiger partial charge in [-0.05, 0) is 32.7 Å². The van der Waals surface area contributed by atoms with E-state index >= 15 is 0 Å². The molecule has 3 fully saturated rings. The Kier molecular flexibility index (Phi) is 4.85. The summed E-state index contributed by atoms with van der Waals surface area (Å²) in [5, 5.41) is 3.18. The Labute approximate surface area is 165 Å². The van der Waals surface area contributed by atoms with Gasteiger partial charge in [0, 0.05) is 56.0 Å². The average molecular weight is 413 g/mol. The zero-order valence-corrected chi connectivity index (χ0v) is 17.9. The van der Waals surface area contributed by atoms with Crippen LogP contribution in [0.2, 0.25) is 0 Å². The Morgan fingerprint density at radius 2 is 2.15 bits per heavy atom. The maximum absolute atomic E-state index is 12.4. The van der Waals surface area contributed by atoms with E-state index in [2.05, 4.69) is 15.3 Å². The van der Waals surface area contributed by atoms with Crippen molar-refractivity contribution in [2.24, 2.45) is 5.41 Å². The van der Waals surface area contributed by atoms with E-state index in [1.807, 2.05) is 11.8 Å². The molecule has 1 amide bonds. The molecule has 3 aliphatic rings. The molecule has 0 aromatic carbocycles. The number of carbonyl (C=O) groups is 1. The summed E-state index contributed by atoms with van der Waals surface area (Å²) in [5.41, 5.74) is 0.901. The predicted octanol–water partition coefficient (Wildman–Crippen LogP) is 1.30. The maximum atomic E-state index is 12.4. The average Bonchev–Trinajstić information content (AvgIpc) is 3.27. The molecule has 9 heteroatoms.